The zero-order valence-electron chi connectivity index (χ0n) is 14.2. The van der Waals surface area contributed by atoms with E-state index in [-0.39, 0.29) is 23.8 Å². The molecule has 1 atom stereocenters. The third-order valence-electron chi connectivity index (χ3n) is 3.79. The van der Waals surface area contributed by atoms with Crippen LogP contribution in [0.1, 0.15) is 25.3 Å². The van der Waals surface area contributed by atoms with Crippen LogP contribution in [0.3, 0.4) is 0 Å². The number of nitrogens with zero attached hydrogens (tertiary/aromatic N) is 1. The number of benzene rings is 1. The Balaban J connectivity index is 2.71. The maximum atomic E-state index is 13.5. The summed E-state index contributed by atoms with van der Waals surface area (Å²) in [4.78, 5) is 16.2. The molecule has 0 aromatic heterocycles. The van der Waals surface area contributed by atoms with Crippen LogP contribution in [0.15, 0.2) is 40.9 Å². The van der Waals surface area contributed by atoms with E-state index in [0.717, 1.165) is 6.07 Å². The minimum Gasteiger partial charge on any atom is -0.463 e. The molecular formula is C18H18ClFN2O3. The minimum atomic E-state index is -0.754. The predicted molar refractivity (Wildman–Crippen MR) is 92.1 cm³/mol. The normalized spacial score (nSPS) is 17.2. The lowest BCUT2D eigenvalue weighted by Crippen LogP contribution is -2.31. The van der Waals surface area contributed by atoms with Crippen molar-refractivity contribution in [2.75, 3.05) is 20.3 Å². The van der Waals surface area contributed by atoms with Gasteiger partial charge >= 0.3 is 5.97 Å². The zero-order valence-corrected chi connectivity index (χ0v) is 14.9. The quantitative estimate of drug-likeness (QED) is 0.638. The highest BCUT2D eigenvalue weighted by atomic mass is 35.5. The van der Waals surface area contributed by atoms with Gasteiger partial charge < -0.3 is 14.8 Å². The Morgan fingerprint density at radius 3 is 2.76 bits per heavy atom. The highest BCUT2D eigenvalue weighted by Gasteiger charge is 2.36. The maximum absolute atomic E-state index is 13.5. The van der Waals surface area contributed by atoms with Crippen LogP contribution >= 0.6 is 11.6 Å². The number of halogens is 2. The largest absolute Gasteiger partial charge is 0.463 e. The van der Waals surface area contributed by atoms with Gasteiger partial charge in [-0.3, -0.25) is 0 Å². The molecule has 0 spiro atoms. The Bertz CT molecular complexity index is 796. The summed E-state index contributed by atoms with van der Waals surface area (Å²) >= 11 is 6.21. The van der Waals surface area contributed by atoms with Crippen LogP contribution in [0.2, 0.25) is 5.02 Å². The molecule has 0 aliphatic carbocycles. The minimum absolute atomic E-state index is 0.131. The van der Waals surface area contributed by atoms with Gasteiger partial charge in [0.1, 0.15) is 5.82 Å². The fourth-order valence-electron chi connectivity index (χ4n) is 2.78. The van der Waals surface area contributed by atoms with Crippen molar-refractivity contribution in [2.45, 2.75) is 19.8 Å². The van der Waals surface area contributed by atoms with Crippen molar-refractivity contribution in [3.63, 3.8) is 0 Å². The molecule has 132 valence electrons. The molecule has 25 heavy (non-hydrogen) atoms. The first-order valence-electron chi connectivity index (χ1n) is 7.63. The molecule has 0 amide bonds. The monoisotopic (exact) mass is 364 g/mol. The summed E-state index contributed by atoms with van der Waals surface area (Å²) in [6.07, 6.45) is 0. The number of hydrogen-bond donors (Lipinski definition) is 1. The Labute approximate surface area is 150 Å². The molecule has 7 heteroatoms. The van der Waals surface area contributed by atoms with Gasteiger partial charge in [0.25, 0.3) is 0 Å². The van der Waals surface area contributed by atoms with Crippen LogP contribution in [0.4, 0.5) is 4.39 Å². The smallest absolute Gasteiger partial charge is 0.335 e. The summed E-state index contributed by atoms with van der Waals surface area (Å²) in [5.41, 5.74) is 2.09. The molecule has 1 aliphatic rings. The van der Waals surface area contributed by atoms with Crippen LogP contribution in [0.25, 0.3) is 4.85 Å². The lowest BCUT2D eigenvalue weighted by atomic mass is 9.84. The second kappa shape index (κ2) is 8.15. The van der Waals surface area contributed by atoms with Gasteiger partial charge in [0.15, 0.2) is 5.70 Å². The van der Waals surface area contributed by atoms with E-state index in [2.05, 4.69) is 10.2 Å². The molecule has 1 N–H and O–H groups in total. The molecule has 0 saturated heterocycles. The second-order valence-corrected chi connectivity index (χ2v) is 5.80. The summed E-state index contributed by atoms with van der Waals surface area (Å²) in [5.74, 6) is -1.82. The van der Waals surface area contributed by atoms with E-state index >= 15 is 0 Å². The Morgan fingerprint density at radius 1 is 1.48 bits per heavy atom. The van der Waals surface area contributed by atoms with Crippen LogP contribution in [0, 0.1) is 12.4 Å². The van der Waals surface area contributed by atoms with Gasteiger partial charge in [-0.15, -0.1) is 0 Å². The molecule has 5 nitrogen and oxygen atoms in total. The Hall–Kier alpha value is -2.36. The molecule has 1 heterocycles. The maximum Gasteiger partial charge on any atom is 0.335 e. The zero-order chi connectivity index (χ0) is 18.6. The number of methoxy groups -OCH3 is 1. The molecular weight excluding hydrogens is 347 g/mol. The van der Waals surface area contributed by atoms with Crippen LogP contribution in [-0.2, 0) is 14.3 Å². The van der Waals surface area contributed by atoms with Gasteiger partial charge in [-0.05, 0) is 31.5 Å². The van der Waals surface area contributed by atoms with Gasteiger partial charge in [-0.1, -0.05) is 17.7 Å². The van der Waals surface area contributed by atoms with Gasteiger partial charge in [0.2, 0.25) is 0 Å². The number of allylic oxidation sites excluding steroid dienone is 2. The highest BCUT2D eigenvalue weighted by Crippen LogP contribution is 2.42. The lowest BCUT2D eigenvalue weighted by Gasteiger charge is -2.30. The molecule has 1 unspecified atom stereocenters. The van der Waals surface area contributed by atoms with E-state index < -0.39 is 17.7 Å². The van der Waals surface area contributed by atoms with Crippen LogP contribution in [0.5, 0.6) is 0 Å². The average molecular weight is 365 g/mol. The summed E-state index contributed by atoms with van der Waals surface area (Å²) < 4.78 is 23.8. The summed E-state index contributed by atoms with van der Waals surface area (Å²) in [6, 6.07) is 3.89. The van der Waals surface area contributed by atoms with Gasteiger partial charge in [0, 0.05) is 17.8 Å². The first kappa shape index (κ1) is 19.0. The van der Waals surface area contributed by atoms with Crippen LogP contribution < -0.4 is 5.32 Å². The van der Waals surface area contributed by atoms with Crippen molar-refractivity contribution >= 4 is 17.6 Å². The Kier molecular flexibility index (Phi) is 6.18. The van der Waals surface area contributed by atoms with E-state index in [0.29, 0.717) is 22.7 Å². The van der Waals surface area contributed by atoms with Crippen molar-refractivity contribution in [3.05, 3.63) is 68.7 Å². The molecule has 0 radical (unpaired) electrons. The van der Waals surface area contributed by atoms with Gasteiger partial charge in [-0.25, -0.2) is 14.0 Å². The number of nitrogens with one attached hydrogen (secondary N) is 1. The molecule has 0 fully saturated rings. The van der Waals surface area contributed by atoms with Gasteiger partial charge in [-0.2, -0.15) is 0 Å². The average Bonchev–Trinajstić information content (AvgIpc) is 2.55. The number of esters is 1. The lowest BCUT2D eigenvalue weighted by molar-refractivity contribution is -0.138. The second-order valence-electron chi connectivity index (χ2n) is 5.39. The van der Waals surface area contributed by atoms with Crippen LogP contribution in [-0.4, -0.2) is 26.3 Å². The molecule has 1 aromatic carbocycles. The fraction of sp³-hybridized carbons (Fsp3) is 0.333. The Morgan fingerprint density at radius 2 is 2.20 bits per heavy atom. The van der Waals surface area contributed by atoms with E-state index in [1.165, 1.54) is 19.2 Å². The summed E-state index contributed by atoms with van der Waals surface area (Å²) in [5, 5.41) is 3.18. The van der Waals surface area contributed by atoms with E-state index in [1.807, 2.05) is 0 Å². The van der Waals surface area contributed by atoms with Crippen molar-refractivity contribution in [3.8, 4) is 0 Å². The number of carbonyl (C=O) groups excluding carboxylic acids is 1. The van der Waals surface area contributed by atoms with Gasteiger partial charge in [0.05, 0.1) is 37.0 Å². The van der Waals surface area contributed by atoms with Crippen molar-refractivity contribution in [1.82, 2.24) is 5.32 Å². The topological polar surface area (TPSA) is 51.9 Å². The summed E-state index contributed by atoms with van der Waals surface area (Å²) in [7, 11) is 1.50. The number of carbonyl (C=O) groups is 1. The van der Waals surface area contributed by atoms with E-state index in [4.69, 9.17) is 27.6 Å². The highest BCUT2D eigenvalue weighted by molar-refractivity contribution is 6.31. The predicted octanol–water partition coefficient (Wildman–Crippen LogP) is 3.78. The molecule has 1 aromatic rings. The summed E-state index contributed by atoms with van der Waals surface area (Å²) in [6.45, 7) is 11.3. The molecule has 0 saturated carbocycles. The number of ether oxygens (including phenoxy) is 2. The fourth-order valence-corrected chi connectivity index (χ4v) is 3.06. The first-order valence-corrected chi connectivity index (χ1v) is 8.01. The third-order valence-corrected chi connectivity index (χ3v) is 4.12. The molecule has 1 aliphatic heterocycles. The van der Waals surface area contributed by atoms with Crippen molar-refractivity contribution in [1.29, 1.82) is 0 Å². The third kappa shape index (κ3) is 3.84. The molecule has 0 bridgehead atoms. The number of rotatable bonds is 5. The van der Waals surface area contributed by atoms with E-state index in [1.54, 1.807) is 13.8 Å². The van der Waals surface area contributed by atoms with Crippen molar-refractivity contribution < 1.29 is 18.7 Å². The molecule has 2 rings (SSSR count). The van der Waals surface area contributed by atoms with E-state index in [9.17, 15) is 9.18 Å². The standard InChI is InChI=1S/C18H18ClFN2O3/c1-5-25-18(23)16-14(9-24-4)22-10(2)17(21-3)15(16)12-7-6-11(20)8-13(12)19/h6-8,15,22H,5,9H2,1-2,4H3. The number of hydrogen-bond acceptors (Lipinski definition) is 4. The number of dihydropyridines is 1. The first-order chi connectivity index (χ1) is 11.9. The van der Waals surface area contributed by atoms with Crippen molar-refractivity contribution in [2.24, 2.45) is 0 Å². The SMILES string of the molecule is [C-]#[N+]C1=C(C)NC(COC)=C(C(=O)OCC)C1c1ccc(F)cc1Cl.